The summed E-state index contributed by atoms with van der Waals surface area (Å²) >= 11 is 1.64. The number of thioether (sulfide) groups is 1. The van der Waals surface area contributed by atoms with Crippen molar-refractivity contribution < 1.29 is 4.79 Å². The van der Waals surface area contributed by atoms with E-state index in [-0.39, 0.29) is 11.2 Å². The van der Waals surface area contributed by atoms with Crippen molar-refractivity contribution in [2.45, 2.75) is 49.4 Å². The van der Waals surface area contributed by atoms with Crippen LogP contribution < -0.4 is 0 Å². The van der Waals surface area contributed by atoms with Crippen LogP contribution in [0.1, 0.15) is 30.9 Å². The van der Waals surface area contributed by atoms with Crippen molar-refractivity contribution in [3.05, 3.63) is 47.8 Å². The summed E-state index contributed by atoms with van der Waals surface area (Å²) < 4.78 is 1.79. The highest BCUT2D eigenvalue weighted by Crippen LogP contribution is 2.32. The molecule has 1 aliphatic rings. The highest BCUT2D eigenvalue weighted by molar-refractivity contribution is 8.00. The van der Waals surface area contributed by atoms with E-state index in [2.05, 4.69) is 36.3 Å². The smallest absolute Gasteiger partial charge is 0.236 e. The van der Waals surface area contributed by atoms with Crippen LogP contribution in [0.2, 0.25) is 0 Å². The predicted molar refractivity (Wildman–Crippen MR) is 93.3 cm³/mol. The van der Waals surface area contributed by atoms with Gasteiger partial charge in [-0.1, -0.05) is 17.7 Å². The predicted octanol–water partition coefficient (Wildman–Crippen LogP) is 3.40. The summed E-state index contributed by atoms with van der Waals surface area (Å²) in [6, 6.07) is 8.77. The molecule has 1 unspecified atom stereocenters. The summed E-state index contributed by atoms with van der Waals surface area (Å²) in [4.78, 5) is 16.1. The fraction of sp³-hybridized carbons (Fsp3) is 0.444. The van der Waals surface area contributed by atoms with Crippen molar-refractivity contribution in [1.29, 1.82) is 0 Å². The highest BCUT2D eigenvalue weighted by Gasteiger charge is 2.35. The first-order chi connectivity index (χ1) is 11.0. The van der Waals surface area contributed by atoms with E-state index in [9.17, 15) is 4.79 Å². The molecule has 0 aliphatic heterocycles. The maximum atomic E-state index is 12.9. The van der Waals surface area contributed by atoms with Crippen LogP contribution in [-0.4, -0.2) is 31.9 Å². The van der Waals surface area contributed by atoms with Gasteiger partial charge in [0.1, 0.15) is 0 Å². The molecule has 23 heavy (non-hydrogen) atoms. The molecule has 2 aromatic rings. The number of hydrogen-bond donors (Lipinski definition) is 0. The minimum atomic E-state index is -0.0741. The molecule has 0 saturated heterocycles. The second kappa shape index (κ2) is 6.79. The van der Waals surface area contributed by atoms with Crippen molar-refractivity contribution in [3.8, 4) is 0 Å². The molecule has 4 nitrogen and oxygen atoms in total. The Bertz CT molecular complexity index is 676. The van der Waals surface area contributed by atoms with Crippen LogP contribution in [0.3, 0.4) is 0 Å². The van der Waals surface area contributed by atoms with Gasteiger partial charge in [0.05, 0.1) is 11.4 Å². The molecule has 3 rings (SSSR count). The van der Waals surface area contributed by atoms with E-state index < -0.39 is 0 Å². The zero-order valence-electron chi connectivity index (χ0n) is 13.9. The lowest BCUT2D eigenvalue weighted by Crippen LogP contribution is -2.37. The van der Waals surface area contributed by atoms with Gasteiger partial charge in [-0.25, -0.2) is 0 Å². The van der Waals surface area contributed by atoms with Gasteiger partial charge in [0.15, 0.2) is 0 Å². The molecule has 1 amide bonds. The third-order valence-electron chi connectivity index (χ3n) is 4.06. The molecule has 1 fully saturated rings. The molecule has 1 saturated carbocycles. The summed E-state index contributed by atoms with van der Waals surface area (Å²) in [6.07, 6.45) is 6.07. The third-order valence-corrected chi connectivity index (χ3v) is 5.16. The lowest BCUT2D eigenvalue weighted by molar-refractivity contribution is -0.131. The second-order valence-electron chi connectivity index (χ2n) is 6.29. The summed E-state index contributed by atoms with van der Waals surface area (Å²) in [7, 11) is 1.91. The lowest BCUT2D eigenvalue weighted by Gasteiger charge is -2.25. The van der Waals surface area contributed by atoms with Crippen molar-refractivity contribution in [2.24, 2.45) is 7.05 Å². The number of carbonyl (C=O) groups is 1. The van der Waals surface area contributed by atoms with Gasteiger partial charge in [0.2, 0.25) is 5.91 Å². The molecule has 1 aromatic carbocycles. The van der Waals surface area contributed by atoms with E-state index >= 15 is 0 Å². The van der Waals surface area contributed by atoms with E-state index in [0.717, 1.165) is 23.3 Å². The number of hydrogen-bond acceptors (Lipinski definition) is 3. The molecule has 0 spiro atoms. The van der Waals surface area contributed by atoms with Crippen molar-refractivity contribution in [1.82, 2.24) is 14.7 Å². The van der Waals surface area contributed by atoms with E-state index in [0.29, 0.717) is 12.6 Å². The van der Waals surface area contributed by atoms with Gasteiger partial charge in [0, 0.05) is 36.3 Å². The first-order valence-corrected chi connectivity index (χ1v) is 8.92. The van der Waals surface area contributed by atoms with E-state index in [1.165, 1.54) is 5.56 Å². The van der Waals surface area contributed by atoms with Gasteiger partial charge in [-0.05, 0) is 38.8 Å². The van der Waals surface area contributed by atoms with Crippen LogP contribution >= 0.6 is 11.8 Å². The summed E-state index contributed by atoms with van der Waals surface area (Å²) in [6.45, 7) is 4.74. The zero-order chi connectivity index (χ0) is 16.4. The van der Waals surface area contributed by atoms with E-state index in [4.69, 9.17) is 0 Å². The SMILES string of the molecule is Cc1ccc(SC(C)C(=O)N(Cc2cnn(C)c2)C2CC2)cc1. The summed E-state index contributed by atoms with van der Waals surface area (Å²) in [5, 5.41) is 4.13. The Balaban J connectivity index is 1.66. The topological polar surface area (TPSA) is 38.1 Å². The van der Waals surface area contributed by atoms with Gasteiger partial charge in [0.25, 0.3) is 0 Å². The second-order valence-corrected chi connectivity index (χ2v) is 7.71. The molecule has 122 valence electrons. The van der Waals surface area contributed by atoms with Crippen LogP contribution in [0.25, 0.3) is 0 Å². The van der Waals surface area contributed by atoms with Gasteiger partial charge < -0.3 is 4.90 Å². The van der Waals surface area contributed by atoms with Gasteiger partial charge >= 0.3 is 0 Å². The average Bonchev–Trinajstić information content (AvgIpc) is 3.29. The summed E-state index contributed by atoms with van der Waals surface area (Å²) in [5.74, 6) is 0.224. The monoisotopic (exact) mass is 329 g/mol. The van der Waals surface area contributed by atoms with Crippen LogP contribution in [-0.2, 0) is 18.4 Å². The third kappa shape index (κ3) is 4.16. The molecular formula is C18H23N3OS. The molecule has 0 N–H and O–H groups in total. The maximum Gasteiger partial charge on any atom is 0.236 e. The van der Waals surface area contributed by atoms with E-state index in [1.807, 2.05) is 31.3 Å². The zero-order valence-corrected chi connectivity index (χ0v) is 14.7. The first kappa shape index (κ1) is 16.1. The Kier molecular flexibility index (Phi) is 4.76. The minimum Gasteiger partial charge on any atom is -0.334 e. The van der Waals surface area contributed by atoms with Gasteiger partial charge in [-0.2, -0.15) is 5.10 Å². The van der Waals surface area contributed by atoms with Crippen LogP contribution in [0.15, 0.2) is 41.6 Å². The fourth-order valence-electron chi connectivity index (χ4n) is 2.63. The molecule has 1 aliphatic carbocycles. The summed E-state index contributed by atoms with van der Waals surface area (Å²) in [5.41, 5.74) is 2.34. The number of benzene rings is 1. The molecule has 0 radical (unpaired) electrons. The molecule has 5 heteroatoms. The number of carbonyl (C=O) groups excluding carboxylic acids is 1. The Morgan fingerprint density at radius 2 is 2.09 bits per heavy atom. The molecule has 1 heterocycles. The quantitative estimate of drug-likeness (QED) is 0.762. The number of aryl methyl sites for hydroxylation is 2. The average molecular weight is 329 g/mol. The van der Waals surface area contributed by atoms with Gasteiger partial charge in [-0.15, -0.1) is 11.8 Å². The number of nitrogens with zero attached hydrogens (tertiary/aromatic N) is 3. The molecule has 1 aromatic heterocycles. The van der Waals surface area contributed by atoms with Crippen molar-refractivity contribution >= 4 is 17.7 Å². The Morgan fingerprint density at radius 1 is 1.39 bits per heavy atom. The van der Waals surface area contributed by atoms with Gasteiger partial charge in [-0.3, -0.25) is 9.48 Å². The van der Waals surface area contributed by atoms with Crippen LogP contribution in [0.5, 0.6) is 0 Å². The minimum absolute atomic E-state index is 0.0741. The van der Waals surface area contributed by atoms with Crippen LogP contribution in [0.4, 0.5) is 0 Å². The molecule has 1 atom stereocenters. The largest absolute Gasteiger partial charge is 0.334 e. The molecule has 0 bridgehead atoms. The Hall–Kier alpha value is -1.75. The lowest BCUT2D eigenvalue weighted by atomic mass is 10.2. The Labute approximate surface area is 141 Å². The number of amides is 1. The maximum absolute atomic E-state index is 12.9. The standard InChI is InChI=1S/C18H23N3OS/c1-13-4-8-17(9-5-13)23-14(2)18(22)21(16-6-7-16)12-15-10-19-20(3)11-15/h4-5,8-11,14,16H,6-7,12H2,1-3H3. The normalized spacial score (nSPS) is 15.4. The van der Waals surface area contributed by atoms with E-state index in [1.54, 1.807) is 16.4 Å². The molecular weight excluding hydrogens is 306 g/mol. The van der Waals surface area contributed by atoms with Crippen molar-refractivity contribution in [3.63, 3.8) is 0 Å². The Morgan fingerprint density at radius 3 is 2.65 bits per heavy atom. The van der Waals surface area contributed by atoms with Crippen LogP contribution in [0, 0.1) is 6.92 Å². The van der Waals surface area contributed by atoms with Crippen molar-refractivity contribution in [2.75, 3.05) is 0 Å². The fourth-order valence-corrected chi connectivity index (χ4v) is 3.57. The first-order valence-electron chi connectivity index (χ1n) is 8.04. The number of rotatable bonds is 6. The number of aromatic nitrogens is 2. The highest BCUT2D eigenvalue weighted by atomic mass is 32.2.